The fourth-order valence-corrected chi connectivity index (χ4v) is 8.44. The summed E-state index contributed by atoms with van der Waals surface area (Å²) in [5.74, 6) is -0.0822. The van der Waals surface area contributed by atoms with Gasteiger partial charge in [0.15, 0.2) is 0 Å². The molecule has 0 aliphatic heterocycles. The van der Waals surface area contributed by atoms with Crippen molar-refractivity contribution in [3.63, 3.8) is 0 Å². The lowest BCUT2D eigenvalue weighted by Crippen LogP contribution is -2.45. The summed E-state index contributed by atoms with van der Waals surface area (Å²) < 4.78 is 0. The molecule has 0 aromatic rings. The molecule has 3 N–H and O–H groups in total. The first-order valence-corrected chi connectivity index (χ1v) is 28.2. The molecule has 2 unspecified atom stereocenters. The molecule has 0 spiro atoms. The molecule has 0 rings (SSSR count). The van der Waals surface area contributed by atoms with Crippen molar-refractivity contribution in [3.05, 3.63) is 72.9 Å². The molecule has 372 valence electrons. The lowest BCUT2D eigenvalue weighted by Gasteiger charge is -2.20. The van der Waals surface area contributed by atoms with Crippen LogP contribution in [0, 0.1) is 0 Å². The van der Waals surface area contributed by atoms with Crippen LogP contribution in [0.4, 0.5) is 0 Å². The van der Waals surface area contributed by atoms with E-state index in [9.17, 15) is 15.0 Å². The van der Waals surface area contributed by atoms with Gasteiger partial charge in [-0.2, -0.15) is 0 Å². The van der Waals surface area contributed by atoms with E-state index in [-0.39, 0.29) is 12.5 Å². The molecule has 4 heteroatoms. The highest BCUT2D eigenvalue weighted by atomic mass is 16.3. The van der Waals surface area contributed by atoms with E-state index in [1.807, 2.05) is 6.08 Å². The largest absolute Gasteiger partial charge is 0.394 e. The summed E-state index contributed by atoms with van der Waals surface area (Å²) in [5.41, 5.74) is 0. The molecule has 0 aromatic carbocycles. The third-order valence-electron chi connectivity index (χ3n) is 12.7. The van der Waals surface area contributed by atoms with Crippen LogP contribution in [0.2, 0.25) is 0 Å². The molecule has 0 saturated carbocycles. The Kier molecular flexibility index (Phi) is 53.3. The van der Waals surface area contributed by atoms with Crippen LogP contribution in [0.1, 0.15) is 284 Å². The van der Waals surface area contributed by atoms with Crippen molar-refractivity contribution in [1.29, 1.82) is 0 Å². The monoisotopic (exact) mass is 892 g/mol. The standard InChI is InChI=1S/C60H109NO3/c1-3-5-7-9-11-13-15-17-19-21-23-25-26-27-28-29-30-31-32-33-34-36-37-39-41-43-45-47-49-51-53-55-59(63)58(57-62)61-60(64)56-54-52-50-48-46-44-42-40-38-35-24-22-20-18-16-14-12-10-8-6-4-2/h6,8,12,14,18,20,24,35,40,42,53,55,58-59,62-63H,3-5,7,9-11,13,15-17,19,21-23,25-34,36-39,41,43-52,54,56-57H2,1-2H3,(H,61,64)/b8-6-,14-12-,20-18-,35-24-,42-40-,55-53+. The van der Waals surface area contributed by atoms with E-state index < -0.39 is 12.1 Å². The van der Waals surface area contributed by atoms with Gasteiger partial charge in [-0.1, -0.05) is 286 Å². The first kappa shape index (κ1) is 61.8. The Morgan fingerprint density at radius 2 is 0.688 bits per heavy atom. The predicted octanol–water partition coefficient (Wildman–Crippen LogP) is 18.6. The summed E-state index contributed by atoms with van der Waals surface area (Å²) in [4.78, 5) is 12.5. The minimum Gasteiger partial charge on any atom is -0.394 e. The van der Waals surface area contributed by atoms with Crippen molar-refractivity contribution in [1.82, 2.24) is 5.32 Å². The minimum absolute atomic E-state index is 0.0822. The molecule has 0 aromatic heterocycles. The molecule has 2 atom stereocenters. The summed E-state index contributed by atoms with van der Waals surface area (Å²) in [6, 6.07) is -0.638. The van der Waals surface area contributed by atoms with Crippen LogP contribution in [0.3, 0.4) is 0 Å². The Labute approximate surface area is 399 Å². The summed E-state index contributed by atoms with van der Waals surface area (Å²) >= 11 is 0. The molecule has 0 saturated heterocycles. The number of carbonyl (C=O) groups is 1. The smallest absolute Gasteiger partial charge is 0.220 e. The van der Waals surface area contributed by atoms with Crippen LogP contribution in [0.5, 0.6) is 0 Å². The second-order valence-corrected chi connectivity index (χ2v) is 19.0. The highest BCUT2D eigenvalue weighted by molar-refractivity contribution is 5.76. The number of nitrogens with one attached hydrogen (secondary N) is 1. The van der Waals surface area contributed by atoms with E-state index in [1.165, 1.54) is 193 Å². The van der Waals surface area contributed by atoms with E-state index in [0.717, 1.165) is 70.6 Å². The Balaban J connectivity index is 3.52. The van der Waals surface area contributed by atoms with Gasteiger partial charge in [0, 0.05) is 6.42 Å². The van der Waals surface area contributed by atoms with Crippen molar-refractivity contribution < 1.29 is 15.0 Å². The highest BCUT2D eigenvalue weighted by Crippen LogP contribution is 2.17. The minimum atomic E-state index is -0.853. The maximum Gasteiger partial charge on any atom is 0.220 e. The lowest BCUT2D eigenvalue weighted by atomic mass is 10.0. The molecule has 4 nitrogen and oxygen atoms in total. The number of allylic oxidation sites excluding steroid dienone is 11. The summed E-state index contributed by atoms with van der Waals surface area (Å²) in [5, 5.41) is 23.2. The maximum atomic E-state index is 12.5. The molecule has 0 bridgehead atoms. The van der Waals surface area contributed by atoms with Gasteiger partial charge in [-0.15, -0.1) is 0 Å². The first-order valence-electron chi connectivity index (χ1n) is 28.2. The number of hydrogen-bond acceptors (Lipinski definition) is 3. The third kappa shape index (κ3) is 50.8. The van der Waals surface area contributed by atoms with Gasteiger partial charge in [-0.3, -0.25) is 4.79 Å². The Morgan fingerprint density at radius 1 is 0.391 bits per heavy atom. The van der Waals surface area contributed by atoms with Crippen molar-refractivity contribution in [3.8, 4) is 0 Å². The van der Waals surface area contributed by atoms with Gasteiger partial charge in [0.1, 0.15) is 0 Å². The normalized spacial score (nSPS) is 13.4. The van der Waals surface area contributed by atoms with Gasteiger partial charge >= 0.3 is 0 Å². The fourth-order valence-electron chi connectivity index (χ4n) is 8.44. The molecule has 64 heavy (non-hydrogen) atoms. The number of aliphatic hydroxyl groups is 2. The van der Waals surface area contributed by atoms with Crippen LogP contribution >= 0.6 is 0 Å². The zero-order chi connectivity index (χ0) is 46.3. The van der Waals surface area contributed by atoms with E-state index in [0.29, 0.717) is 6.42 Å². The topological polar surface area (TPSA) is 69.6 Å². The van der Waals surface area contributed by atoms with Crippen molar-refractivity contribution in [2.24, 2.45) is 0 Å². The summed E-state index contributed by atoms with van der Waals surface area (Å²) in [7, 11) is 0. The second kappa shape index (κ2) is 55.2. The van der Waals surface area contributed by atoms with Crippen LogP contribution in [-0.4, -0.2) is 34.9 Å². The van der Waals surface area contributed by atoms with Crippen molar-refractivity contribution in [2.75, 3.05) is 6.61 Å². The zero-order valence-corrected chi connectivity index (χ0v) is 42.8. The maximum absolute atomic E-state index is 12.5. The Bertz CT molecular complexity index is 1100. The van der Waals surface area contributed by atoms with E-state index in [2.05, 4.69) is 79.9 Å². The molecule has 0 fully saturated rings. The van der Waals surface area contributed by atoms with Crippen LogP contribution in [0.25, 0.3) is 0 Å². The van der Waals surface area contributed by atoms with Crippen molar-refractivity contribution >= 4 is 5.91 Å². The van der Waals surface area contributed by atoms with E-state index in [1.54, 1.807) is 6.08 Å². The zero-order valence-electron chi connectivity index (χ0n) is 42.8. The quantitative estimate of drug-likeness (QED) is 0.0421. The average molecular weight is 893 g/mol. The van der Waals surface area contributed by atoms with Gasteiger partial charge in [0.05, 0.1) is 18.8 Å². The average Bonchev–Trinajstić information content (AvgIpc) is 3.30. The number of rotatable bonds is 51. The number of amides is 1. The van der Waals surface area contributed by atoms with Crippen LogP contribution in [0.15, 0.2) is 72.9 Å². The van der Waals surface area contributed by atoms with Gasteiger partial charge in [-0.05, 0) is 64.2 Å². The second-order valence-electron chi connectivity index (χ2n) is 19.0. The number of aliphatic hydroxyl groups excluding tert-OH is 2. The van der Waals surface area contributed by atoms with Gasteiger partial charge in [-0.25, -0.2) is 0 Å². The molecular weight excluding hydrogens is 783 g/mol. The number of unbranched alkanes of at least 4 members (excludes halogenated alkanes) is 34. The number of carbonyl (C=O) groups excluding carboxylic acids is 1. The summed E-state index contributed by atoms with van der Waals surface area (Å²) in [6.45, 7) is 4.21. The fraction of sp³-hybridized carbons (Fsp3) is 0.783. The van der Waals surface area contributed by atoms with Crippen LogP contribution < -0.4 is 5.32 Å². The van der Waals surface area contributed by atoms with Gasteiger partial charge in [0.2, 0.25) is 5.91 Å². The van der Waals surface area contributed by atoms with Gasteiger partial charge in [0.25, 0.3) is 0 Å². The predicted molar refractivity (Wildman–Crippen MR) is 285 cm³/mol. The summed E-state index contributed by atoms with van der Waals surface area (Å²) in [6.07, 6.45) is 79.2. The molecular formula is C60H109NO3. The number of hydrogen-bond donors (Lipinski definition) is 3. The molecule has 1 amide bonds. The molecule has 0 aliphatic carbocycles. The van der Waals surface area contributed by atoms with E-state index >= 15 is 0 Å². The first-order chi connectivity index (χ1) is 31.7. The Hall–Kier alpha value is -2.17. The van der Waals surface area contributed by atoms with E-state index in [4.69, 9.17) is 0 Å². The van der Waals surface area contributed by atoms with Crippen LogP contribution in [-0.2, 0) is 4.79 Å². The lowest BCUT2D eigenvalue weighted by molar-refractivity contribution is -0.123. The molecule has 0 radical (unpaired) electrons. The Morgan fingerprint density at radius 3 is 1.03 bits per heavy atom. The van der Waals surface area contributed by atoms with Crippen molar-refractivity contribution in [2.45, 2.75) is 296 Å². The van der Waals surface area contributed by atoms with Gasteiger partial charge < -0.3 is 15.5 Å². The highest BCUT2D eigenvalue weighted by Gasteiger charge is 2.18. The molecule has 0 aliphatic rings. The molecule has 0 heterocycles. The SMILES string of the molecule is CC/C=C\C/C=C\C/C=C\C/C=C\C/C=C\CCCCCCCC(=O)NC(CO)C(O)/C=C/CCCCCCCCCCCCCCCCCCCCCCCCCCCCCCC. The third-order valence-corrected chi connectivity index (χ3v) is 12.7.